The summed E-state index contributed by atoms with van der Waals surface area (Å²) >= 11 is 0. The average molecular weight is 197 g/mol. The molecule has 0 aliphatic heterocycles. The molecule has 14 heavy (non-hydrogen) atoms. The first-order valence-corrected chi connectivity index (χ1v) is 3.72. The first-order chi connectivity index (χ1) is 6.43. The fourth-order valence-corrected chi connectivity index (χ4v) is 1.02. The van der Waals surface area contributed by atoms with Crippen molar-refractivity contribution < 1.29 is 9.31 Å². The Morgan fingerprint density at radius 2 is 2.21 bits per heavy atom. The minimum Gasteiger partial charge on any atom is -0.396 e. The summed E-state index contributed by atoms with van der Waals surface area (Å²) in [6.45, 7) is 1.38. The Bertz CT molecular complexity index is 417. The largest absolute Gasteiger partial charge is 0.396 e. The molecule has 5 nitrogen and oxygen atoms in total. The van der Waals surface area contributed by atoms with Gasteiger partial charge in [0, 0.05) is 17.3 Å². The van der Waals surface area contributed by atoms with Crippen molar-refractivity contribution in [2.45, 2.75) is 6.92 Å². The molecule has 0 spiro atoms. The van der Waals surface area contributed by atoms with E-state index in [1.807, 2.05) is 0 Å². The maximum absolute atomic E-state index is 13.0. The highest BCUT2D eigenvalue weighted by atomic mass is 19.1. The number of rotatable bonds is 2. The Labute approximate surface area is 79.0 Å². The molecule has 0 aliphatic rings. The van der Waals surface area contributed by atoms with Gasteiger partial charge in [0.2, 0.25) is 0 Å². The summed E-state index contributed by atoms with van der Waals surface area (Å²) in [5.41, 5.74) is 4.72. The molecule has 3 N–H and O–H groups in total. The van der Waals surface area contributed by atoms with Gasteiger partial charge < -0.3 is 11.1 Å². The molecule has 1 aromatic rings. The summed E-state index contributed by atoms with van der Waals surface area (Å²) in [7, 11) is 0. The summed E-state index contributed by atoms with van der Waals surface area (Å²) in [5.74, 6) is -0.874. The van der Waals surface area contributed by atoms with Crippen LogP contribution in [0.5, 0.6) is 0 Å². The number of nitro benzene ring substituents is 1. The molecular weight excluding hydrogens is 189 g/mol. The molecule has 0 aliphatic carbocycles. The summed E-state index contributed by atoms with van der Waals surface area (Å²) in [6, 6.07) is 1.82. The SMILES string of the molecule is CC(=N)c1cc([N+](=O)[O-])cc(F)c1N. The topological polar surface area (TPSA) is 93.0 Å². The Morgan fingerprint density at radius 1 is 1.64 bits per heavy atom. The maximum Gasteiger partial charge on any atom is 0.273 e. The van der Waals surface area contributed by atoms with Gasteiger partial charge in [-0.25, -0.2) is 4.39 Å². The standard InChI is InChI=1S/C8H8FN3O2/c1-4(10)6-2-5(12(13)14)3-7(9)8(6)11/h2-3,10H,11H2,1H3. The zero-order chi connectivity index (χ0) is 10.9. The average Bonchev–Trinajstić information content (AvgIpc) is 2.08. The third-order valence-corrected chi connectivity index (χ3v) is 1.73. The molecule has 0 unspecified atom stereocenters. The van der Waals surface area contributed by atoms with Gasteiger partial charge in [-0.05, 0) is 6.92 Å². The molecule has 0 saturated carbocycles. The number of benzene rings is 1. The van der Waals surface area contributed by atoms with Crippen LogP contribution < -0.4 is 5.73 Å². The molecule has 0 amide bonds. The van der Waals surface area contributed by atoms with Crippen molar-refractivity contribution in [1.82, 2.24) is 0 Å². The van der Waals surface area contributed by atoms with E-state index in [2.05, 4.69) is 0 Å². The van der Waals surface area contributed by atoms with Gasteiger partial charge in [-0.3, -0.25) is 10.1 Å². The summed E-state index contributed by atoms with van der Waals surface area (Å²) in [4.78, 5) is 9.64. The third-order valence-electron chi connectivity index (χ3n) is 1.73. The van der Waals surface area contributed by atoms with Crippen LogP contribution in [0.1, 0.15) is 12.5 Å². The van der Waals surface area contributed by atoms with Gasteiger partial charge in [0.05, 0.1) is 16.7 Å². The fourth-order valence-electron chi connectivity index (χ4n) is 1.02. The van der Waals surface area contributed by atoms with E-state index in [0.717, 1.165) is 12.1 Å². The quantitative estimate of drug-likeness (QED) is 0.327. The highest BCUT2D eigenvalue weighted by molar-refractivity contribution is 6.01. The Kier molecular flexibility index (Phi) is 2.46. The van der Waals surface area contributed by atoms with Crippen LogP contribution in [0, 0.1) is 21.3 Å². The molecule has 74 valence electrons. The fraction of sp³-hybridized carbons (Fsp3) is 0.125. The molecular formula is C8H8FN3O2. The number of nitrogens with two attached hydrogens (primary N) is 1. The third kappa shape index (κ3) is 1.68. The second-order valence-electron chi connectivity index (χ2n) is 2.77. The van der Waals surface area contributed by atoms with Gasteiger partial charge in [-0.1, -0.05) is 0 Å². The molecule has 1 aromatic carbocycles. The molecule has 0 heterocycles. The first-order valence-electron chi connectivity index (χ1n) is 3.72. The van der Waals surface area contributed by atoms with E-state index in [0.29, 0.717) is 0 Å². The number of hydrogen-bond acceptors (Lipinski definition) is 4. The lowest BCUT2D eigenvalue weighted by molar-refractivity contribution is -0.385. The van der Waals surface area contributed by atoms with E-state index in [9.17, 15) is 14.5 Å². The highest BCUT2D eigenvalue weighted by Gasteiger charge is 2.15. The van der Waals surface area contributed by atoms with Crippen LogP contribution in [0.25, 0.3) is 0 Å². The van der Waals surface area contributed by atoms with E-state index < -0.39 is 16.4 Å². The second kappa shape index (κ2) is 3.41. The summed E-state index contributed by atoms with van der Waals surface area (Å²) in [5, 5.41) is 17.6. The summed E-state index contributed by atoms with van der Waals surface area (Å²) in [6.07, 6.45) is 0. The molecule has 6 heteroatoms. The smallest absolute Gasteiger partial charge is 0.273 e. The lowest BCUT2D eigenvalue weighted by Crippen LogP contribution is -2.04. The molecule has 0 aromatic heterocycles. The van der Waals surface area contributed by atoms with Crippen LogP contribution in [0.3, 0.4) is 0 Å². The zero-order valence-electron chi connectivity index (χ0n) is 7.37. The number of nitrogen functional groups attached to an aromatic ring is 1. The Balaban J connectivity index is 3.43. The van der Waals surface area contributed by atoms with Crippen molar-refractivity contribution >= 4 is 17.1 Å². The van der Waals surface area contributed by atoms with E-state index in [1.165, 1.54) is 6.92 Å². The van der Waals surface area contributed by atoms with Crippen LogP contribution in [-0.2, 0) is 0 Å². The predicted molar refractivity (Wildman–Crippen MR) is 50.0 cm³/mol. The number of nitrogens with zero attached hydrogens (tertiary/aromatic N) is 1. The van der Waals surface area contributed by atoms with E-state index in [4.69, 9.17) is 11.1 Å². The van der Waals surface area contributed by atoms with Crippen molar-refractivity contribution in [2.75, 3.05) is 5.73 Å². The zero-order valence-corrected chi connectivity index (χ0v) is 7.37. The first kappa shape index (κ1) is 10.1. The van der Waals surface area contributed by atoms with Crippen molar-refractivity contribution in [3.8, 4) is 0 Å². The van der Waals surface area contributed by atoms with E-state index in [1.54, 1.807) is 0 Å². The van der Waals surface area contributed by atoms with Crippen LogP contribution in [0.2, 0.25) is 0 Å². The van der Waals surface area contributed by atoms with Crippen molar-refractivity contribution in [3.05, 3.63) is 33.6 Å². The van der Waals surface area contributed by atoms with Crippen LogP contribution in [0.4, 0.5) is 15.8 Å². The molecule has 0 radical (unpaired) electrons. The molecule has 0 saturated heterocycles. The molecule has 0 fully saturated rings. The van der Waals surface area contributed by atoms with Crippen molar-refractivity contribution in [3.63, 3.8) is 0 Å². The Morgan fingerprint density at radius 3 is 2.64 bits per heavy atom. The van der Waals surface area contributed by atoms with Gasteiger partial charge >= 0.3 is 0 Å². The lowest BCUT2D eigenvalue weighted by Gasteiger charge is -2.04. The normalized spacial score (nSPS) is 9.86. The van der Waals surface area contributed by atoms with Gasteiger partial charge in [0.1, 0.15) is 0 Å². The minimum absolute atomic E-state index is 0.00917. The number of anilines is 1. The number of nitrogens with one attached hydrogen (secondary N) is 1. The van der Waals surface area contributed by atoms with Crippen LogP contribution >= 0.6 is 0 Å². The summed E-state index contributed by atoms with van der Waals surface area (Å²) < 4.78 is 13.0. The molecule has 0 atom stereocenters. The minimum atomic E-state index is -0.874. The van der Waals surface area contributed by atoms with Crippen LogP contribution in [0.15, 0.2) is 12.1 Å². The van der Waals surface area contributed by atoms with E-state index >= 15 is 0 Å². The molecule has 1 rings (SSSR count). The molecule has 0 bridgehead atoms. The Hall–Kier alpha value is -1.98. The van der Waals surface area contributed by atoms with Crippen LogP contribution in [-0.4, -0.2) is 10.6 Å². The van der Waals surface area contributed by atoms with Gasteiger partial charge in [0.25, 0.3) is 5.69 Å². The number of non-ortho nitro benzene ring substituents is 1. The number of hydrogen-bond donors (Lipinski definition) is 2. The van der Waals surface area contributed by atoms with Gasteiger partial charge in [-0.2, -0.15) is 0 Å². The van der Waals surface area contributed by atoms with Crippen molar-refractivity contribution in [2.24, 2.45) is 0 Å². The van der Waals surface area contributed by atoms with Gasteiger partial charge in [0.15, 0.2) is 5.82 Å². The highest BCUT2D eigenvalue weighted by Crippen LogP contribution is 2.23. The number of halogens is 1. The lowest BCUT2D eigenvalue weighted by atomic mass is 10.1. The monoisotopic (exact) mass is 197 g/mol. The number of nitro groups is 1. The predicted octanol–water partition coefficient (Wildman–Crippen LogP) is 1.70. The van der Waals surface area contributed by atoms with Crippen molar-refractivity contribution in [1.29, 1.82) is 5.41 Å². The van der Waals surface area contributed by atoms with E-state index in [-0.39, 0.29) is 17.0 Å². The van der Waals surface area contributed by atoms with Gasteiger partial charge in [-0.15, -0.1) is 0 Å². The second-order valence-corrected chi connectivity index (χ2v) is 2.77. The maximum atomic E-state index is 13.0.